The second-order valence-corrected chi connectivity index (χ2v) is 9.80. The van der Waals surface area contributed by atoms with Crippen molar-refractivity contribution in [1.82, 2.24) is 14.7 Å². The van der Waals surface area contributed by atoms with Crippen molar-refractivity contribution in [2.75, 3.05) is 54.0 Å². The van der Waals surface area contributed by atoms with Crippen LogP contribution >= 0.6 is 0 Å². The lowest BCUT2D eigenvalue weighted by Gasteiger charge is -2.49. The Morgan fingerprint density at radius 1 is 0.800 bits per heavy atom. The average Bonchev–Trinajstić information content (AvgIpc) is 2.88. The standard InChI is InChI=1S/C28H37N3O4/c1-19-26(21-6-10-23(34-4)11-7-21)31(25(32)18-30-16-14-29(3)15-17-30)27(20(2)28(19)33)22-8-12-24(35-5)13-9-22/h6-13,19-20,26-27H,14-18H2,1-5H3. The molecule has 0 radical (unpaired) electrons. The minimum absolute atomic E-state index is 0.0578. The van der Waals surface area contributed by atoms with Crippen LogP contribution in [0.25, 0.3) is 0 Å². The first-order valence-electron chi connectivity index (χ1n) is 12.4. The molecule has 2 aliphatic rings. The van der Waals surface area contributed by atoms with Gasteiger partial charge in [-0.05, 0) is 42.4 Å². The molecule has 2 saturated heterocycles. The van der Waals surface area contributed by atoms with E-state index in [1.54, 1.807) is 14.2 Å². The molecule has 2 aromatic carbocycles. The third-order valence-electron chi connectivity index (χ3n) is 7.60. The number of ether oxygens (including phenoxy) is 2. The lowest BCUT2D eigenvalue weighted by Crippen LogP contribution is -2.55. The van der Waals surface area contributed by atoms with Crippen LogP contribution in [0.5, 0.6) is 11.5 Å². The number of amides is 1. The number of nitrogens with zero attached hydrogens (tertiary/aromatic N) is 3. The highest BCUT2D eigenvalue weighted by atomic mass is 16.5. The van der Waals surface area contributed by atoms with Crippen molar-refractivity contribution in [2.45, 2.75) is 25.9 Å². The van der Waals surface area contributed by atoms with Gasteiger partial charge >= 0.3 is 0 Å². The first kappa shape index (κ1) is 25.2. The molecule has 0 bridgehead atoms. The number of hydrogen-bond donors (Lipinski definition) is 0. The summed E-state index contributed by atoms with van der Waals surface area (Å²) in [5, 5.41) is 0. The molecule has 2 heterocycles. The van der Waals surface area contributed by atoms with Crippen LogP contribution in [0.15, 0.2) is 48.5 Å². The van der Waals surface area contributed by atoms with Crippen LogP contribution in [0.1, 0.15) is 37.1 Å². The SMILES string of the molecule is COc1ccc(C2C(C)C(=O)C(C)C(c3ccc(OC)cc3)N2C(=O)CN2CCN(C)CC2)cc1. The normalized spacial score (nSPS) is 26.0. The van der Waals surface area contributed by atoms with E-state index in [0.717, 1.165) is 48.8 Å². The van der Waals surface area contributed by atoms with Gasteiger partial charge < -0.3 is 19.3 Å². The molecule has 4 unspecified atom stereocenters. The molecule has 1 amide bonds. The zero-order valence-corrected chi connectivity index (χ0v) is 21.4. The number of piperazine rings is 1. The van der Waals surface area contributed by atoms with Crippen LogP contribution < -0.4 is 9.47 Å². The highest BCUT2D eigenvalue weighted by molar-refractivity contribution is 5.89. The smallest absolute Gasteiger partial charge is 0.237 e. The largest absolute Gasteiger partial charge is 0.497 e. The third kappa shape index (κ3) is 5.21. The van der Waals surface area contributed by atoms with E-state index in [1.807, 2.05) is 67.3 Å². The molecule has 35 heavy (non-hydrogen) atoms. The number of likely N-dealkylation sites (tertiary alicyclic amines) is 1. The lowest BCUT2D eigenvalue weighted by molar-refractivity contribution is -0.152. The van der Waals surface area contributed by atoms with E-state index in [2.05, 4.69) is 16.8 Å². The Balaban J connectivity index is 1.75. The van der Waals surface area contributed by atoms with Crippen molar-refractivity contribution < 1.29 is 19.1 Å². The number of carbonyl (C=O) groups is 2. The molecule has 2 aromatic rings. The van der Waals surface area contributed by atoms with E-state index in [9.17, 15) is 9.59 Å². The first-order valence-corrected chi connectivity index (χ1v) is 12.4. The molecule has 0 N–H and O–H groups in total. The summed E-state index contributed by atoms with van der Waals surface area (Å²) in [6.07, 6.45) is 0. The van der Waals surface area contributed by atoms with E-state index in [0.29, 0.717) is 6.54 Å². The summed E-state index contributed by atoms with van der Waals surface area (Å²) in [4.78, 5) is 34.1. The summed E-state index contributed by atoms with van der Waals surface area (Å²) >= 11 is 0. The summed E-state index contributed by atoms with van der Waals surface area (Å²) < 4.78 is 10.7. The highest BCUT2D eigenvalue weighted by Crippen LogP contribution is 2.46. The lowest BCUT2D eigenvalue weighted by atomic mass is 9.74. The summed E-state index contributed by atoms with van der Waals surface area (Å²) in [5.41, 5.74) is 1.90. The quantitative estimate of drug-likeness (QED) is 0.633. The Morgan fingerprint density at radius 2 is 1.23 bits per heavy atom. The van der Waals surface area contributed by atoms with Crippen LogP contribution in [0.4, 0.5) is 0 Å². The molecule has 2 fully saturated rings. The third-order valence-corrected chi connectivity index (χ3v) is 7.60. The van der Waals surface area contributed by atoms with Crippen molar-refractivity contribution in [1.29, 1.82) is 0 Å². The molecular formula is C28H37N3O4. The molecule has 0 aromatic heterocycles. The second kappa shape index (κ2) is 10.8. The van der Waals surface area contributed by atoms with Gasteiger partial charge in [0.15, 0.2) is 0 Å². The van der Waals surface area contributed by atoms with Crippen LogP contribution in [-0.2, 0) is 9.59 Å². The zero-order valence-electron chi connectivity index (χ0n) is 21.4. The van der Waals surface area contributed by atoms with Gasteiger partial charge in [0.05, 0.1) is 32.8 Å². The summed E-state index contributed by atoms with van der Waals surface area (Å²) in [5.74, 6) is 1.10. The number of likely N-dealkylation sites (N-methyl/N-ethyl adjacent to an activating group) is 1. The van der Waals surface area contributed by atoms with Crippen molar-refractivity contribution in [3.8, 4) is 11.5 Å². The number of piperidine rings is 1. The van der Waals surface area contributed by atoms with E-state index in [1.165, 1.54) is 0 Å². The highest BCUT2D eigenvalue weighted by Gasteiger charge is 2.48. The Labute approximate surface area is 208 Å². The fourth-order valence-electron chi connectivity index (χ4n) is 5.47. The van der Waals surface area contributed by atoms with Crippen LogP contribution in [0, 0.1) is 11.8 Å². The minimum atomic E-state index is -0.350. The van der Waals surface area contributed by atoms with Gasteiger partial charge in [0, 0.05) is 38.0 Å². The van der Waals surface area contributed by atoms with Gasteiger partial charge in [0.2, 0.25) is 5.91 Å². The zero-order chi connectivity index (χ0) is 25.1. The van der Waals surface area contributed by atoms with E-state index < -0.39 is 0 Å². The van der Waals surface area contributed by atoms with Gasteiger partial charge in [0.25, 0.3) is 0 Å². The fraction of sp³-hybridized carbons (Fsp3) is 0.500. The van der Waals surface area contributed by atoms with Crippen molar-refractivity contribution in [3.05, 3.63) is 59.7 Å². The molecule has 7 heteroatoms. The Kier molecular flexibility index (Phi) is 7.77. The number of rotatable bonds is 6. The van der Waals surface area contributed by atoms with E-state index in [4.69, 9.17) is 9.47 Å². The fourth-order valence-corrected chi connectivity index (χ4v) is 5.47. The number of Topliss-reactive ketones (excluding diaryl/α,β-unsaturated/α-hetero) is 1. The summed E-state index contributed by atoms with van der Waals surface area (Å²) in [7, 11) is 5.38. The number of benzene rings is 2. The molecule has 7 nitrogen and oxygen atoms in total. The van der Waals surface area contributed by atoms with Crippen molar-refractivity contribution in [2.24, 2.45) is 11.8 Å². The second-order valence-electron chi connectivity index (χ2n) is 9.80. The Bertz CT molecular complexity index is 952. The van der Waals surface area contributed by atoms with Crippen LogP contribution in [-0.4, -0.2) is 80.4 Å². The molecule has 188 valence electrons. The maximum atomic E-state index is 14.1. The first-order chi connectivity index (χ1) is 16.8. The van der Waals surface area contributed by atoms with E-state index >= 15 is 0 Å². The van der Waals surface area contributed by atoms with Crippen LogP contribution in [0.2, 0.25) is 0 Å². The molecule has 0 spiro atoms. The summed E-state index contributed by atoms with van der Waals surface area (Å²) in [6.45, 7) is 7.87. The molecule has 4 atom stereocenters. The number of ketones is 1. The van der Waals surface area contributed by atoms with Gasteiger partial charge in [-0.15, -0.1) is 0 Å². The average molecular weight is 480 g/mol. The molecular weight excluding hydrogens is 442 g/mol. The van der Waals surface area contributed by atoms with Crippen LogP contribution in [0.3, 0.4) is 0 Å². The van der Waals surface area contributed by atoms with Gasteiger partial charge in [-0.2, -0.15) is 0 Å². The maximum absolute atomic E-state index is 14.1. The van der Waals surface area contributed by atoms with Gasteiger partial charge in [0.1, 0.15) is 17.3 Å². The van der Waals surface area contributed by atoms with E-state index in [-0.39, 0.29) is 35.6 Å². The Hall–Kier alpha value is -2.90. The van der Waals surface area contributed by atoms with Crippen molar-refractivity contribution in [3.63, 3.8) is 0 Å². The number of methoxy groups -OCH3 is 2. The predicted octanol–water partition coefficient (Wildman–Crippen LogP) is 3.42. The Morgan fingerprint density at radius 3 is 1.63 bits per heavy atom. The number of carbonyl (C=O) groups excluding carboxylic acids is 2. The summed E-state index contributed by atoms with van der Waals surface area (Å²) in [6, 6.07) is 14.8. The minimum Gasteiger partial charge on any atom is -0.497 e. The van der Waals surface area contributed by atoms with Gasteiger partial charge in [-0.1, -0.05) is 38.1 Å². The van der Waals surface area contributed by atoms with Gasteiger partial charge in [-0.25, -0.2) is 0 Å². The molecule has 2 aliphatic heterocycles. The van der Waals surface area contributed by atoms with Gasteiger partial charge in [-0.3, -0.25) is 14.5 Å². The molecule has 4 rings (SSSR count). The topological polar surface area (TPSA) is 62.3 Å². The molecule has 0 saturated carbocycles. The predicted molar refractivity (Wildman–Crippen MR) is 136 cm³/mol. The maximum Gasteiger partial charge on any atom is 0.237 e. The monoisotopic (exact) mass is 479 g/mol. The van der Waals surface area contributed by atoms with Crippen molar-refractivity contribution >= 4 is 11.7 Å². The number of hydrogen-bond acceptors (Lipinski definition) is 6. The molecule has 0 aliphatic carbocycles.